The Bertz CT molecular complexity index is 955. The first kappa shape index (κ1) is 15.4. The molecule has 4 rings (SSSR count). The van der Waals surface area contributed by atoms with Crippen molar-refractivity contribution >= 4 is 22.9 Å². The fourth-order valence-corrected chi connectivity index (χ4v) is 3.03. The molecule has 126 valence electrons. The highest BCUT2D eigenvalue weighted by atomic mass is 16.5. The smallest absolute Gasteiger partial charge is 0.320 e. The number of carbonyl (C=O) groups excluding carboxylic acids is 1. The number of pyridine rings is 2. The van der Waals surface area contributed by atoms with Gasteiger partial charge in [0, 0.05) is 24.5 Å². The fourth-order valence-electron chi connectivity index (χ4n) is 3.03. The van der Waals surface area contributed by atoms with Gasteiger partial charge in [-0.25, -0.2) is 14.8 Å². The molecule has 2 N–H and O–H groups in total. The van der Waals surface area contributed by atoms with E-state index in [1.165, 1.54) is 5.56 Å². The number of nitrogens with one attached hydrogen (secondary N) is 2. The maximum atomic E-state index is 11.7. The van der Waals surface area contributed by atoms with Gasteiger partial charge in [-0.15, -0.1) is 0 Å². The second kappa shape index (κ2) is 6.39. The molecule has 0 saturated heterocycles. The molecule has 1 aliphatic rings. The Hall–Kier alpha value is -3.15. The number of anilines is 1. The van der Waals surface area contributed by atoms with Crippen LogP contribution >= 0.6 is 0 Å². The standard InChI is InChI=1S/C19H18N4O2/c1-2-20-19(24)23-17-6-4-15-14(7-9-21-18(15)22-17)12-3-5-16-13(11-12)8-10-25-16/h3-7,9,11H,2,8,10H2,1H3,(H2,20,21,22,23,24). The lowest BCUT2D eigenvalue weighted by Crippen LogP contribution is -2.28. The summed E-state index contributed by atoms with van der Waals surface area (Å²) in [6.07, 6.45) is 2.68. The van der Waals surface area contributed by atoms with Gasteiger partial charge in [0.25, 0.3) is 0 Å². The molecular formula is C19H18N4O2. The van der Waals surface area contributed by atoms with Crippen molar-refractivity contribution in [2.75, 3.05) is 18.5 Å². The fraction of sp³-hybridized carbons (Fsp3) is 0.211. The van der Waals surface area contributed by atoms with Crippen LogP contribution in [-0.2, 0) is 6.42 Å². The Labute approximate surface area is 145 Å². The molecule has 0 radical (unpaired) electrons. The minimum Gasteiger partial charge on any atom is -0.493 e. The highest BCUT2D eigenvalue weighted by Crippen LogP contribution is 2.33. The van der Waals surface area contributed by atoms with Gasteiger partial charge >= 0.3 is 6.03 Å². The molecular weight excluding hydrogens is 316 g/mol. The first-order valence-electron chi connectivity index (χ1n) is 8.31. The molecule has 0 fully saturated rings. The van der Waals surface area contributed by atoms with Gasteiger partial charge in [-0.05, 0) is 53.9 Å². The summed E-state index contributed by atoms with van der Waals surface area (Å²) in [5.41, 5.74) is 4.01. The minimum atomic E-state index is -0.274. The highest BCUT2D eigenvalue weighted by Gasteiger charge is 2.14. The van der Waals surface area contributed by atoms with Crippen molar-refractivity contribution in [3.63, 3.8) is 0 Å². The van der Waals surface area contributed by atoms with E-state index in [1.54, 1.807) is 12.3 Å². The molecule has 2 amide bonds. The van der Waals surface area contributed by atoms with E-state index in [1.807, 2.05) is 25.1 Å². The van der Waals surface area contributed by atoms with E-state index in [-0.39, 0.29) is 6.03 Å². The van der Waals surface area contributed by atoms with E-state index in [9.17, 15) is 4.79 Å². The molecule has 3 heterocycles. The van der Waals surface area contributed by atoms with Gasteiger partial charge in [0.1, 0.15) is 11.6 Å². The summed E-state index contributed by atoms with van der Waals surface area (Å²) in [6, 6.07) is 11.7. The zero-order chi connectivity index (χ0) is 17.2. The Balaban J connectivity index is 1.72. The molecule has 25 heavy (non-hydrogen) atoms. The van der Waals surface area contributed by atoms with Crippen molar-refractivity contribution in [1.82, 2.24) is 15.3 Å². The monoisotopic (exact) mass is 334 g/mol. The average Bonchev–Trinajstić information content (AvgIpc) is 3.09. The lowest BCUT2D eigenvalue weighted by molar-refractivity contribution is 0.252. The number of fused-ring (bicyclic) bond motifs is 2. The summed E-state index contributed by atoms with van der Waals surface area (Å²) in [5.74, 6) is 1.44. The number of hydrogen-bond donors (Lipinski definition) is 2. The van der Waals surface area contributed by atoms with E-state index < -0.39 is 0 Å². The van der Waals surface area contributed by atoms with Crippen LogP contribution in [0.2, 0.25) is 0 Å². The third kappa shape index (κ3) is 2.98. The van der Waals surface area contributed by atoms with Crippen LogP contribution in [-0.4, -0.2) is 29.2 Å². The van der Waals surface area contributed by atoms with Gasteiger partial charge in [-0.3, -0.25) is 5.32 Å². The summed E-state index contributed by atoms with van der Waals surface area (Å²) in [6.45, 7) is 3.17. The van der Waals surface area contributed by atoms with Gasteiger partial charge in [-0.2, -0.15) is 0 Å². The van der Waals surface area contributed by atoms with Crippen molar-refractivity contribution in [3.8, 4) is 16.9 Å². The lowest BCUT2D eigenvalue weighted by atomic mass is 10.00. The molecule has 1 aliphatic heterocycles. The molecule has 1 aromatic carbocycles. The van der Waals surface area contributed by atoms with E-state index >= 15 is 0 Å². The van der Waals surface area contributed by atoms with Crippen LogP contribution in [0.1, 0.15) is 12.5 Å². The first-order chi connectivity index (χ1) is 12.2. The number of benzene rings is 1. The maximum Gasteiger partial charge on any atom is 0.320 e. The largest absolute Gasteiger partial charge is 0.493 e. The molecule has 2 aromatic heterocycles. The van der Waals surface area contributed by atoms with Crippen LogP contribution in [0.3, 0.4) is 0 Å². The van der Waals surface area contributed by atoms with E-state index in [4.69, 9.17) is 4.74 Å². The van der Waals surface area contributed by atoms with Gasteiger partial charge in [0.05, 0.1) is 6.61 Å². The zero-order valence-electron chi connectivity index (χ0n) is 13.9. The Morgan fingerprint density at radius 3 is 3.04 bits per heavy atom. The Morgan fingerprint density at radius 2 is 2.16 bits per heavy atom. The van der Waals surface area contributed by atoms with Gasteiger partial charge in [-0.1, -0.05) is 6.07 Å². The van der Waals surface area contributed by atoms with E-state index in [0.29, 0.717) is 18.0 Å². The van der Waals surface area contributed by atoms with Crippen LogP contribution < -0.4 is 15.4 Å². The van der Waals surface area contributed by atoms with Crippen molar-refractivity contribution < 1.29 is 9.53 Å². The topological polar surface area (TPSA) is 76.1 Å². The molecule has 0 unspecified atom stereocenters. The third-order valence-electron chi connectivity index (χ3n) is 4.18. The van der Waals surface area contributed by atoms with E-state index in [2.05, 4.69) is 32.7 Å². The lowest BCUT2D eigenvalue weighted by Gasteiger charge is -2.09. The number of carbonyl (C=O) groups is 1. The molecule has 0 aliphatic carbocycles. The van der Waals surface area contributed by atoms with Crippen LogP contribution in [0.25, 0.3) is 22.2 Å². The molecule has 0 bridgehead atoms. The molecule has 0 saturated carbocycles. The van der Waals surface area contributed by atoms with Crippen molar-refractivity contribution in [2.24, 2.45) is 0 Å². The van der Waals surface area contributed by atoms with Gasteiger partial charge in [0.15, 0.2) is 5.65 Å². The Morgan fingerprint density at radius 1 is 1.24 bits per heavy atom. The van der Waals surface area contributed by atoms with Crippen LogP contribution in [0.4, 0.5) is 10.6 Å². The summed E-state index contributed by atoms with van der Waals surface area (Å²) < 4.78 is 5.58. The molecule has 3 aromatic rings. The number of ether oxygens (including phenoxy) is 1. The molecule has 6 heteroatoms. The second-order valence-electron chi connectivity index (χ2n) is 5.83. The SMILES string of the molecule is CCNC(=O)Nc1ccc2c(-c3ccc4c(c3)CCO4)ccnc2n1. The van der Waals surface area contributed by atoms with Gasteiger partial charge in [0.2, 0.25) is 0 Å². The minimum absolute atomic E-state index is 0.274. The second-order valence-corrected chi connectivity index (χ2v) is 5.83. The number of urea groups is 1. The molecule has 6 nitrogen and oxygen atoms in total. The number of nitrogens with zero attached hydrogens (tertiary/aromatic N) is 2. The van der Waals surface area contributed by atoms with Crippen molar-refractivity contribution in [2.45, 2.75) is 13.3 Å². The van der Waals surface area contributed by atoms with Crippen molar-refractivity contribution in [3.05, 3.63) is 48.2 Å². The van der Waals surface area contributed by atoms with Crippen molar-refractivity contribution in [1.29, 1.82) is 0 Å². The summed E-state index contributed by atoms with van der Waals surface area (Å²) in [5, 5.41) is 6.34. The summed E-state index contributed by atoms with van der Waals surface area (Å²) >= 11 is 0. The number of rotatable bonds is 3. The first-order valence-corrected chi connectivity index (χ1v) is 8.31. The normalized spacial score (nSPS) is 12.5. The Kier molecular flexibility index (Phi) is 3.93. The number of hydrogen-bond acceptors (Lipinski definition) is 4. The number of amides is 2. The van der Waals surface area contributed by atoms with E-state index in [0.717, 1.165) is 35.3 Å². The summed E-state index contributed by atoms with van der Waals surface area (Å²) in [4.78, 5) is 20.4. The predicted octanol–water partition coefficient (Wildman–Crippen LogP) is 3.37. The molecule has 0 atom stereocenters. The third-order valence-corrected chi connectivity index (χ3v) is 4.18. The molecule has 0 spiro atoms. The van der Waals surface area contributed by atoms with Crippen LogP contribution in [0.15, 0.2) is 42.6 Å². The predicted molar refractivity (Wildman–Crippen MR) is 96.9 cm³/mol. The van der Waals surface area contributed by atoms with Gasteiger partial charge < -0.3 is 10.1 Å². The summed E-state index contributed by atoms with van der Waals surface area (Å²) in [7, 11) is 0. The highest BCUT2D eigenvalue weighted by molar-refractivity contribution is 5.95. The maximum absolute atomic E-state index is 11.7. The number of aromatic nitrogens is 2. The zero-order valence-corrected chi connectivity index (χ0v) is 13.9. The van der Waals surface area contributed by atoms with Crippen LogP contribution in [0, 0.1) is 0 Å². The average molecular weight is 334 g/mol. The van der Waals surface area contributed by atoms with Crippen LogP contribution in [0.5, 0.6) is 5.75 Å². The quantitative estimate of drug-likeness (QED) is 0.770.